The molecule has 1 saturated heterocycles. The Labute approximate surface area is 111 Å². The third-order valence-electron chi connectivity index (χ3n) is 3.22. The van der Waals surface area contributed by atoms with Crippen molar-refractivity contribution in [2.75, 3.05) is 0 Å². The molecule has 2 aliphatic rings. The third kappa shape index (κ3) is 5.42. The highest BCUT2D eigenvalue weighted by Gasteiger charge is 2.36. The average Bonchev–Trinajstić information content (AvgIpc) is 2.56. The number of amides is 2. The largest absolute Gasteiger partial charge is 0.503 e. The van der Waals surface area contributed by atoms with Crippen molar-refractivity contribution < 1.29 is 24.6 Å². The number of carbonyl (C=O) groups is 3. The summed E-state index contributed by atoms with van der Waals surface area (Å²) in [4.78, 5) is 31.2. The zero-order valence-electron chi connectivity index (χ0n) is 10.5. The molecule has 1 heterocycles. The van der Waals surface area contributed by atoms with Crippen molar-refractivity contribution in [1.29, 1.82) is 0 Å². The number of nitrogens with one attached hydrogen (secondary N) is 1. The number of carboxylic acid groups (broad SMARTS) is 2. The summed E-state index contributed by atoms with van der Waals surface area (Å²) >= 11 is 0. The van der Waals surface area contributed by atoms with Crippen LogP contribution in [0, 0.1) is 23.7 Å². The lowest BCUT2D eigenvalue weighted by molar-refractivity contribution is -0.126. The van der Waals surface area contributed by atoms with Gasteiger partial charge in [-0.25, -0.2) is 4.79 Å². The fraction of sp³-hybridized carbons (Fsp3) is 0.615. The molecule has 2 amide bonds. The normalized spacial score (nSPS) is 25.9. The number of hydrogen-bond acceptors (Lipinski definition) is 3. The first-order valence-electron chi connectivity index (χ1n) is 6.22. The van der Waals surface area contributed by atoms with Crippen LogP contribution in [0.3, 0.4) is 0 Å². The first-order chi connectivity index (χ1) is 9.00. The van der Waals surface area contributed by atoms with Crippen molar-refractivity contribution in [3.05, 3.63) is 0 Å². The van der Waals surface area contributed by atoms with Gasteiger partial charge in [-0.3, -0.25) is 14.9 Å². The molecular formula is C13H17NO5. The van der Waals surface area contributed by atoms with E-state index in [2.05, 4.69) is 17.2 Å². The summed E-state index contributed by atoms with van der Waals surface area (Å²) in [6, 6.07) is 0. The summed E-state index contributed by atoms with van der Waals surface area (Å²) in [5.41, 5.74) is 0. The van der Waals surface area contributed by atoms with Crippen LogP contribution in [0.25, 0.3) is 0 Å². The van der Waals surface area contributed by atoms with Crippen LogP contribution in [0.4, 0.5) is 4.79 Å². The SMILES string of the molecule is O=C(O)O.O=C1CC(C2CCC#CCCC2)C(=O)N1. The molecule has 19 heavy (non-hydrogen) atoms. The first-order valence-corrected chi connectivity index (χ1v) is 6.22. The van der Waals surface area contributed by atoms with E-state index in [0.29, 0.717) is 12.3 Å². The molecule has 0 saturated carbocycles. The molecule has 6 heteroatoms. The van der Waals surface area contributed by atoms with Gasteiger partial charge in [0.25, 0.3) is 0 Å². The van der Waals surface area contributed by atoms with Crippen LogP contribution in [0.2, 0.25) is 0 Å². The van der Waals surface area contributed by atoms with Crippen LogP contribution < -0.4 is 5.32 Å². The molecule has 2 rings (SSSR count). The highest BCUT2D eigenvalue weighted by Crippen LogP contribution is 2.29. The number of rotatable bonds is 1. The van der Waals surface area contributed by atoms with Crippen molar-refractivity contribution in [3.63, 3.8) is 0 Å². The molecule has 0 spiro atoms. The van der Waals surface area contributed by atoms with Gasteiger partial charge < -0.3 is 10.2 Å². The van der Waals surface area contributed by atoms with Crippen LogP contribution in [0.5, 0.6) is 0 Å². The van der Waals surface area contributed by atoms with E-state index >= 15 is 0 Å². The third-order valence-corrected chi connectivity index (χ3v) is 3.22. The van der Waals surface area contributed by atoms with E-state index in [4.69, 9.17) is 15.0 Å². The Morgan fingerprint density at radius 1 is 1.16 bits per heavy atom. The fourth-order valence-electron chi connectivity index (χ4n) is 2.39. The summed E-state index contributed by atoms with van der Waals surface area (Å²) in [6.45, 7) is 0. The highest BCUT2D eigenvalue weighted by atomic mass is 16.6. The average molecular weight is 267 g/mol. The summed E-state index contributed by atoms with van der Waals surface area (Å²) in [5, 5.41) is 16.3. The Morgan fingerprint density at radius 2 is 1.79 bits per heavy atom. The smallest absolute Gasteiger partial charge is 0.450 e. The van der Waals surface area contributed by atoms with Gasteiger partial charge in [0.15, 0.2) is 0 Å². The predicted octanol–water partition coefficient (Wildman–Crippen LogP) is 1.46. The van der Waals surface area contributed by atoms with Gasteiger partial charge in [0.05, 0.1) is 0 Å². The Hall–Kier alpha value is -2.03. The summed E-state index contributed by atoms with van der Waals surface area (Å²) in [7, 11) is 0. The summed E-state index contributed by atoms with van der Waals surface area (Å²) < 4.78 is 0. The molecule has 0 aromatic heterocycles. The van der Waals surface area contributed by atoms with E-state index in [9.17, 15) is 9.59 Å². The quantitative estimate of drug-likeness (QED) is 0.493. The van der Waals surface area contributed by atoms with Gasteiger partial charge in [0, 0.05) is 25.2 Å². The van der Waals surface area contributed by atoms with Crippen LogP contribution in [-0.2, 0) is 9.59 Å². The summed E-state index contributed by atoms with van der Waals surface area (Å²) in [5.74, 6) is 6.28. The highest BCUT2D eigenvalue weighted by molar-refractivity contribution is 6.03. The summed E-state index contributed by atoms with van der Waals surface area (Å²) in [6.07, 6.45) is 3.38. The second-order valence-corrected chi connectivity index (χ2v) is 4.55. The van der Waals surface area contributed by atoms with Crippen molar-refractivity contribution in [2.24, 2.45) is 11.8 Å². The Kier molecular flexibility index (Phi) is 5.86. The molecule has 1 aliphatic heterocycles. The Morgan fingerprint density at radius 3 is 2.37 bits per heavy atom. The van der Waals surface area contributed by atoms with Crippen molar-refractivity contribution in [1.82, 2.24) is 5.32 Å². The van der Waals surface area contributed by atoms with Crippen LogP contribution in [0.15, 0.2) is 0 Å². The molecule has 2 unspecified atom stereocenters. The van der Waals surface area contributed by atoms with Gasteiger partial charge in [-0.2, -0.15) is 0 Å². The zero-order chi connectivity index (χ0) is 14.3. The second-order valence-electron chi connectivity index (χ2n) is 4.55. The minimum atomic E-state index is -1.83. The number of carbonyl (C=O) groups excluding carboxylic acids is 2. The van der Waals surface area contributed by atoms with Gasteiger partial charge in [0.2, 0.25) is 11.8 Å². The van der Waals surface area contributed by atoms with Crippen LogP contribution in [-0.4, -0.2) is 28.2 Å². The van der Waals surface area contributed by atoms with Crippen LogP contribution >= 0.6 is 0 Å². The predicted molar refractivity (Wildman–Crippen MR) is 66.3 cm³/mol. The van der Waals surface area contributed by atoms with Gasteiger partial charge >= 0.3 is 6.16 Å². The van der Waals surface area contributed by atoms with Crippen LogP contribution in [0.1, 0.15) is 38.5 Å². The molecule has 1 aliphatic carbocycles. The number of imide groups is 1. The molecule has 0 aromatic carbocycles. The molecule has 3 N–H and O–H groups in total. The maximum absolute atomic E-state index is 11.5. The molecule has 0 radical (unpaired) electrons. The molecule has 1 fully saturated rings. The standard InChI is InChI=1S/C12H15NO2.CH2O3/c14-11-8-10(12(15)13-11)9-6-4-2-1-3-5-7-9;2-1(3)4/h9-10H,2,4-8H2,(H,13,14,15);(H2,2,3,4). The first kappa shape index (κ1) is 15.0. The molecule has 104 valence electrons. The minimum Gasteiger partial charge on any atom is -0.450 e. The van der Waals surface area contributed by atoms with E-state index in [-0.39, 0.29) is 17.7 Å². The molecule has 6 nitrogen and oxygen atoms in total. The van der Waals surface area contributed by atoms with E-state index < -0.39 is 6.16 Å². The Balaban J connectivity index is 0.000000399. The molecular weight excluding hydrogens is 250 g/mol. The van der Waals surface area contributed by atoms with Crippen molar-refractivity contribution >= 4 is 18.0 Å². The molecule has 0 aromatic rings. The lowest BCUT2D eigenvalue weighted by Crippen LogP contribution is -2.26. The second kappa shape index (κ2) is 7.41. The lowest BCUT2D eigenvalue weighted by Gasteiger charge is -2.20. The van der Waals surface area contributed by atoms with Gasteiger partial charge in [-0.15, -0.1) is 11.8 Å². The Bertz CT molecular complexity index is 416. The van der Waals surface area contributed by atoms with E-state index in [1.807, 2.05) is 0 Å². The van der Waals surface area contributed by atoms with Gasteiger partial charge in [-0.05, 0) is 25.2 Å². The van der Waals surface area contributed by atoms with E-state index in [1.165, 1.54) is 0 Å². The maximum atomic E-state index is 11.5. The maximum Gasteiger partial charge on any atom is 0.503 e. The fourth-order valence-corrected chi connectivity index (χ4v) is 2.39. The lowest BCUT2D eigenvalue weighted by atomic mass is 9.82. The monoisotopic (exact) mass is 267 g/mol. The zero-order valence-corrected chi connectivity index (χ0v) is 10.5. The number of hydrogen-bond donors (Lipinski definition) is 3. The van der Waals surface area contributed by atoms with E-state index in [0.717, 1.165) is 32.1 Å². The van der Waals surface area contributed by atoms with Gasteiger partial charge in [0.1, 0.15) is 0 Å². The van der Waals surface area contributed by atoms with Crippen molar-refractivity contribution in [2.45, 2.75) is 38.5 Å². The van der Waals surface area contributed by atoms with E-state index in [1.54, 1.807) is 0 Å². The topological polar surface area (TPSA) is 104 Å². The molecule has 0 bridgehead atoms. The van der Waals surface area contributed by atoms with Gasteiger partial charge in [-0.1, -0.05) is 0 Å². The minimum absolute atomic E-state index is 0.0708. The molecule has 2 atom stereocenters. The van der Waals surface area contributed by atoms with Crippen molar-refractivity contribution in [3.8, 4) is 11.8 Å².